The number of hydrogen-bond acceptors (Lipinski definition) is 3. The molecule has 0 atom stereocenters. The third kappa shape index (κ3) is 1.99. The number of nitrogens with zero attached hydrogens (tertiary/aromatic N) is 3. The van der Waals surface area contributed by atoms with E-state index >= 15 is 0 Å². The predicted octanol–water partition coefficient (Wildman–Crippen LogP) is 0.972. The van der Waals surface area contributed by atoms with Crippen molar-refractivity contribution in [3.05, 3.63) is 17.7 Å². The van der Waals surface area contributed by atoms with Crippen LogP contribution < -0.4 is 5.32 Å². The van der Waals surface area contributed by atoms with E-state index in [0.29, 0.717) is 0 Å². The van der Waals surface area contributed by atoms with Crippen LogP contribution in [-0.4, -0.2) is 34.1 Å². The maximum Gasteiger partial charge on any atom is 0.0953 e. The monoisotopic (exact) mass is 220 g/mol. The minimum absolute atomic E-state index is 0.989. The topological polar surface area (TPSA) is 33.1 Å². The number of likely N-dealkylation sites (tertiary alicyclic amines) is 1. The fourth-order valence-corrected chi connectivity index (χ4v) is 2.71. The highest BCUT2D eigenvalue weighted by atomic mass is 15.2. The molecule has 0 amide bonds. The number of rotatable bonds is 2. The molecule has 0 saturated carbocycles. The molecule has 16 heavy (non-hydrogen) atoms. The number of fused-ring (bicyclic) bond motifs is 1. The lowest BCUT2D eigenvalue weighted by molar-refractivity contribution is 0.217. The van der Waals surface area contributed by atoms with Crippen molar-refractivity contribution in [2.24, 2.45) is 0 Å². The molecule has 1 fully saturated rings. The Bertz CT molecular complexity index is 352. The summed E-state index contributed by atoms with van der Waals surface area (Å²) in [6.45, 7) is 6.68. The Hall–Kier alpha value is -0.870. The predicted molar refractivity (Wildman–Crippen MR) is 63.1 cm³/mol. The number of piperidine rings is 1. The average molecular weight is 220 g/mol. The fourth-order valence-electron chi connectivity index (χ4n) is 2.71. The molecule has 1 N–H and O–H groups in total. The van der Waals surface area contributed by atoms with Gasteiger partial charge in [0.2, 0.25) is 0 Å². The normalized spacial score (nSPS) is 22.0. The highest BCUT2D eigenvalue weighted by Gasteiger charge is 2.17. The van der Waals surface area contributed by atoms with E-state index in [0.717, 1.165) is 26.2 Å². The molecule has 1 saturated heterocycles. The quantitative estimate of drug-likeness (QED) is 0.806. The molecule has 1 aromatic heterocycles. The minimum atomic E-state index is 0.989. The van der Waals surface area contributed by atoms with Crippen LogP contribution in [0.25, 0.3) is 0 Å². The molecule has 0 bridgehead atoms. The maximum absolute atomic E-state index is 4.57. The van der Waals surface area contributed by atoms with Gasteiger partial charge in [0, 0.05) is 26.2 Å². The molecule has 4 nitrogen and oxygen atoms in total. The molecule has 4 heteroatoms. The summed E-state index contributed by atoms with van der Waals surface area (Å²) in [6, 6.07) is 0. The van der Waals surface area contributed by atoms with E-state index < -0.39 is 0 Å². The van der Waals surface area contributed by atoms with Gasteiger partial charge in [0.25, 0.3) is 0 Å². The Morgan fingerprint density at radius 1 is 1.19 bits per heavy atom. The number of hydrogen-bond donors (Lipinski definition) is 1. The van der Waals surface area contributed by atoms with Crippen molar-refractivity contribution in [3.8, 4) is 0 Å². The van der Waals surface area contributed by atoms with Gasteiger partial charge in [0.1, 0.15) is 0 Å². The molecule has 0 aromatic carbocycles. The first-order valence-electron chi connectivity index (χ1n) is 6.39. The van der Waals surface area contributed by atoms with Gasteiger partial charge in [-0.25, -0.2) is 4.98 Å². The molecular formula is C12H20N4. The lowest BCUT2D eigenvalue weighted by atomic mass is 10.1. The Morgan fingerprint density at radius 3 is 2.94 bits per heavy atom. The van der Waals surface area contributed by atoms with Crippen LogP contribution in [0, 0.1) is 0 Å². The van der Waals surface area contributed by atoms with Crippen LogP contribution >= 0.6 is 0 Å². The van der Waals surface area contributed by atoms with Gasteiger partial charge in [0.15, 0.2) is 0 Å². The van der Waals surface area contributed by atoms with Crippen LogP contribution in [0.4, 0.5) is 0 Å². The smallest absolute Gasteiger partial charge is 0.0953 e. The molecule has 88 valence electrons. The minimum Gasteiger partial charge on any atom is -0.332 e. The second-order valence-corrected chi connectivity index (χ2v) is 4.84. The van der Waals surface area contributed by atoms with E-state index in [2.05, 4.69) is 19.8 Å². The largest absolute Gasteiger partial charge is 0.332 e. The third-order valence-corrected chi connectivity index (χ3v) is 3.68. The molecule has 3 heterocycles. The maximum atomic E-state index is 4.57. The van der Waals surface area contributed by atoms with Gasteiger partial charge >= 0.3 is 0 Å². The van der Waals surface area contributed by atoms with Crippen molar-refractivity contribution in [1.29, 1.82) is 0 Å². The summed E-state index contributed by atoms with van der Waals surface area (Å²) in [5.74, 6) is 0. The fraction of sp³-hybridized carbons (Fsp3) is 0.750. The van der Waals surface area contributed by atoms with Crippen LogP contribution in [0.1, 0.15) is 30.7 Å². The summed E-state index contributed by atoms with van der Waals surface area (Å²) >= 11 is 0. The number of imidazole rings is 1. The van der Waals surface area contributed by atoms with Gasteiger partial charge in [-0.3, -0.25) is 4.90 Å². The standard InChI is InChI=1S/C12H20N4/c1-2-5-15(6-3-1)9-11-12-8-13-4-7-16(12)10-14-11/h10,13H,1-9H2. The van der Waals surface area contributed by atoms with Crippen LogP contribution in [-0.2, 0) is 19.6 Å². The zero-order chi connectivity index (χ0) is 10.8. The van der Waals surface area contributed by atoms with Gasteiger partial charge < -0.3 is 9.88 Å². The van der Waals surface area contributed by atoms with E-state index in [1.165, 1.54) is 43.7 Å². The Labute approximate surface area is 96.7 Å². The first-order valence-corrected chi connectivity index (χ1v) is 6.39. The summed E-state index contributed by atoms with van der Waals surface area (Å²) in [6.07, 6.45) is 6.12. The lowest BCUT2D eigenvalue weighted by Crippen LogP contribution is -2.32. The summed E-state index contributed by atoms with van der Waals surface area (Å²) in [4.78, 5) is 7.12. The Morgan fingerprint density at radius 2 is 2.06 bits per heavy atom. The molecule has 0 radical (unpaired) electrons. The van der Waals surface area contributed by atoms with Gasteiger partial charge in [-0.1, -0.05) is 6.42 Å². The third-order valence-electron chi connectivity index (χ3n) is 3.68. The molecule has 3 rings (SSSR count). The average Bonchev–Trinajstić information content (AvgIpc) is 2.74. The lowest BCUT2D eigenvalue weighted by Gasteiger charge is -2.26. The van der Waals surface area contributed by atoms with Crippen molar-refractivity contribution in [2.45, 2.75) is 38.9 Å². The van der Waals surface area contributed by atoms with E-state index in [9.17, 15) is 0 Å². The van der Waals surface area contributed by atoms with E-state index in [1.54, 1.807) is 0 Å². The van der Waals surface area contributed by atoms with Crippen molar-refractivity contribution >= 4 is 0 Å². The van der Waals surface area contributed by atoms with E-state index in [-0.39, 0.29) is 0 Å². The zero-order valence-electron chi connectivity index (χ0n) is 9.78. The first kappa shape index (κ1) is 10.3. The molecular weight excluding hydrogens is 200 g/mol. The molecule has 0 aliphatic carbocycles. The van der Waals surface area contributed by atoms with Crippen molar-refractivity contribution in [3.63, 3.8) is 0 Å². The summed E-state index contributed by atoms with van der Waals surface area (Å²) < 4.78 is 2.30. The Balaban J connectivity index is 1.71. The van der Waals surface area contributed by atoms with Gasteiger partial charge in [0.05, 0.1) is 17.7 Å². The van der Waals surface area contributed by atoms with Gasteiger partial charge in [-0.15, -0.1) is 0 Å². The van der Waals surface area contributed by atoms with Crippen LogP contribution in [0.3, 0.4) is 0 Å². The van der Waals surface area contributed by atoms with Crippen LogP contribution in [0.15, 0.2) is 6.33 Å². The summed E-state index contributed by atoms with van der Waals surface area (Å²) in [7, 11) is 0. The summed E-state index contributed by atoms with van der Waals surface area (Å²) in [5.41, 5.74) is 2.69. The SMILES string of the molecule is c1nc(CN2CCCCC2)c2n1CCNC2. The molecule has 2 aliphatic heterocycles. The molecule has 1 aromatic rings. The molecule has 2 aliphatic rings. The Kier molecular flexibility index (Phi) is 2.93. The second-order valence-electron chi connectivity index (χ2n) is 4.84. The highest BCUT2D eigenvalue weighted by Crippen LogP contribution is 2.16. The number of nitrogens with one attached hydrogen (secondary N) is 1. The molecule has 0 unspecified atom stereocenters. The van der Waals surface area contributed by atoms with Crippen molar-refractivity contribution in [1.82, 2.24) is 19.8 Å². The highest BCUT2D eigenvalue weighted by molar-refractivity contribution is 5.14. The van der Waals surface area contributed by atoms with Crippen LogP contribution in [0.2, 0.25) is 0 Å². The van der Waals surface area contributed by atoms with E-state index in [1.807, 2.05) is 6.33 Å². The molecule has 0 spiro atoms. The summed E-state index contributed by atoms with van der Waals surface area (Å²) in [5, 5.41) is 3.43. The van der Waals surface area contributed by atoms with Gasteiger partial charge in [-0.05, 0) is 25.9 Å². The van der Waals surface area contributed by atoms with Crippen LogP contribution in [0.5, 0.6) is 0 Å². The second kappa shape index (κ2) is 4.55. The zero-order valence-corrected chi connectivity index (χ0v) is 9.78. The van der Waals surface area contributed by atoms with Crippen molar-refractivity contribution in [2.75, 3.05) is 19.6 Å². The van der Waals surface area contributed by atoms with E-state index in [4.69, 9.17) is 0 Å². The van der Waals surface area contributed by atoms with Crippen molar-refractivity contribution < 1.29 is 0 Å². The van der Waals surface area contributed by atoms with Gasteiger partial charge in [-0.2, -0.15) is 0 Å². The number of aromatic nitrogens is 2. The first-order chi connectivity index (χ1) is 7.93.